The molecule has 0 spiro atoms. The fourth-order valence-corrected chi connectivity index (χ4v) is 1.000. The van der Waals surface area contributed by atoms with Crippen molar-refractivity contribution in [2.24, 2.45) is 5.92 Å². The highest BCUT2D eigenvalue weighted by atomic mass is 28.4. The lowest BCUT2D eigenvalue weighted by atomic mass is 10.1. The van der Waals surface area contributed by atoms with Crippen LogP contribution >= 0.6 is 0 Å². The van der Waals surface area contributed by atoms with Gasteiger partial charge < -0.3 is 43.5 Å². The Morgan fingerprint density at radius 1 is 0.652 bits per heavy atom. The summed E-state index contributed by atoms with van der Waals surface area (Å²) in [4.78, 5) is 58.6. The molecule has 0 aromatic heterocycles. The van der Waals surface area contributed by atoms with Crippen LogP contribution in [-0.2, 0) is 0 Å². The van der Waals surface area contributed by atoms with Gasteiger partial charge in [0.15, 0.2) is 0 Å². The van der Waals surface area contributed by atoms with Crippen LogP contribution < -0.4 is 0 Å². The first-order chi connectivity index (χ1) is 10.2. The van der Waals surface area contributed by atoms with E-state index >= 15 is 0 Å². The van der Waals surface area contributed by atoms with Crippen LogP contribution in [0.5, 0.6) is 0 Å². The summed E-state index contributed by atoms with van der Waals surface area (Å²) in [5, 5.41) is 8.32. The third-order valence-corrected chi connectivity index (χ3v) is 1.90. The number of unbranched alkanes of at least 4 members (excludes halogenated alkanes) is 3. The van der Waals surface area contributed by atoms with Gasteiger partial charge in [0.1, 0.15) is 0 Å². The molecule has 0 aliphatic rings. The summed E-state index contributed by atoms with van der Waals surface area (Å²) in [6.07, 6.45) is 7.64. The number of hydrogen-bond donors (Lipinski definition) is 9. The second-order valence-electron chi connectivity index (χ2n) is 5.17. The summed E-state index contributed by atoms with van der Waals surface area (Å²) < 4.78 is 0. The first-order valence-corrected chi connectivity index (χ1v) is 11.2. The maximum atomic E-state index is 8.32. The average Bonchev–Trinajstić information content (AvgIpc) is 2.30. The molecule has 0 amide bonds. The maximum absolute atomic E-state index is 8.32. The lowest BCUT2D eigenvalue weighted by Gasteiger charge is -1.98. The first kappa shape index (κ1) is 30.9. The Kier molecular flexibility index (Phi) is 27.0. The van der Waals surface area contributed by atoms with Gasteiger partial charge >= 0.3 is 18.1 Å². The van der Waals surface area contributed by atoms with Gasteiger partial charge in [0.05, 0.1) is 0 Å². The third-order valence-electron chi connectivity index (χ3n) is 1.90. The van der Waals surface area contributed by atoms with Crippen LogP contribution in [0.4, 0.5) is 0 Å². The standard InChI is InChI=1S/C6H14O.C6H14.2H4O4Si/c1-6(2)4-3-5-7;1-3-5-6-4-2;2*1-5(2,3)4/h6-7H,3-5H2,1-2H3;3-6H2,1-2H3;2*1-4H. The minimum atomic E-state index is -4.61. The van der Waals surface area contributed by atoms with Gasteiger partial charge in [0.25, 0.3) is 0 Å². The summed E-state index contributed by atoms with van der Waals surface area (Å²) in [6, 6.07) is 0. The number of aliphatic hydroxyl groups excluding tert-OH is 1. The second-order valence-corrected chi connectivity index (χ2v) is 7.57. The molecule has 0 atom stereocenters. The van der Waals surface area contributed by atoms with E-state index in [2.05, 4.69) is 27.7 Å². The Hall–Kier alpha value is 0.0738. The molecule has 0 fully saturated rings. The van der Waals surface area contributed by atoms with Crippen molar-refractivity contribution in [3.63, 3.8) is 0 Å². The summed E-state index contributed by atoms with van der Waals surface area (Å²) in [6.45, 7) is 9.13. The summed E-state index contributed by atoms with van der Waals surface area (Å²) in [5.41, 5.74) is 0. The largest absolute Gasteiger partial charge is 0.668 e. The van der Waals surface area contributed by atoms with Crippen LogP contribution in [0.1, 0.15) is 66.2 Å². The van der Waals surface area contributed by atoms with Crippen molar-refractivity contribution in [2.45, 2.75) is 66.2 Å². The van der Waals surface area contributed by atoms with Gasteiger partial charge in [-0.05, 0) is 18.8 Å². The Labute approximate surface area is 141 Å². The van der Waals surface area contributed by atoms with Crippen molar-refractivity contribution < 1.29 is 43.5 Å². The molecule has 0 aromatic carbocycles. The van der Waals surface area contributed by atoms with E-state index in [0.29, 0.717) is 6.61 Å². The van der Waals surface area contributed by atoms with E-state index in [1.807, 2.05) is 0 Å². The Morgan fingerprint density at radius 3 is 1.00 bits per heavy atom. The predicted molar refractivity (Wildman–Crippen MR) is 90.2 cm³/mol. The van der Waals surface area contributed by atoms with Crippen LogP contribution in [0.2, 0.25) is 0 Å². The minimum absolute atomic E-state index is 0.345. The molecule has 0 rings (SSSR count). The van der Waals surface area contributed by atoms with E-state index in [1.165, 1.54) is 25.7 Å². The van der Waals surface area contributed by atoms with Gasteiger partial charge in [0.2, 0.25) is 0 Å². The number of hydrogen-bond acceptors (Lipinski definition) is 9. The zero-order chi connectivity index (χ0) is 19.5. The molecule has 0 aliphatic heterocycles. The molecule has 0 bridgehead atoms. The van der Waals surface area contributed by atoms with Gasteiger partial charge in [-0.2, -0.15) is 0 Å². The van der Waals surface area contributed by atoms with Crippen molar-refractivity contribution in [1.29, 1.82) is 0 Å². The van der Waals surface area contributed by atoms with Gasteiger partial charge in [-0.25, -0.2) is 0 Å². The third kappa shape index (κ3) is 178. The molecule has 23 heavy (non-hydrogen) atoms. The fourth-order valence-electron chi connectivity index (χ4n) is 1.000. The lowest BCUT2D eigenvalue weighted by Crippen LogP contribution is -2.33. The molecule has 0 saturated carbocycles. The highest BCUT2D eigenvalue weighted by molar-refractivity contribution is 6.47. The van der Waals surface area contributed by atoms with Gasteiger partial charge in [-0.15, -0.1) is 0 Å². The van der Waals surface area contributed by atoms with Gasteiger partial charge in [-0.1, -0.05) is 53.4 Å². The molecule has 0 heterocycles. The SMILES string of the molecule is CC(C)CCCO.CCCCCC.O[Si](O)(O)O.O[Si](O)(O)O. The van der Waals surface area contributed by atoms with Crippen molar-refractivity contribution >= 4 is 18.1 Å². The van der Waals surface area contributed by atoms with E-state index in [9.17, 15) is 0 Å². The number of aliphatic hydroxyl groups is 1. The average molecular weight is 381 g/mol. The summed E-state index contributed by atoms with van der Waals surface area (Å²) in [7, 11) is -9.22. The quantitative estimate of drug-likeness (QED) is 0.201. The maximum Gasteiger partial charge on any atom is 0.668 e. The zero-order valence-electron chi connectivity index (χ0n) is 14.6. The molecule has 0 unspecified atom stereocenters. The normalized spacial score (nSPS) is 10.7. The van der Waals surface area contributed by atoms with Crippen molar-refractivity contribution in [3.05, 3.63) is 0 Å². The summed E-state index contributed by atoms with van der Waals surface area (Å²) in [5.74, 6) is 0.743. The molecule has 146 valence electrons. The molecule has 0 aromatic rings. The fraction of sp³-hybridized carbons (Fsp3) is 1.00. The van der Waals surface area contributed by atoms with E-state index in [-0.39, 0.29) is 0 Å². The first-order valence-electron chi connectivity index (χ1n) is 7.58. The van der Waals surface area contributed by atoms with E-state index in [1.54, 1.807) is 0 Å². The molecule has 9 nitrogen and oxygen atoms in total. The lowest BCUT2D eigenvalue weighted by molar-refractivity contribution is 0.115. The van der Waals surface area contributed by atoms with Gasteiger partial charge in [0, 0.05) is 6.61 Å². The van der Waals surface area contributed by atoms with Gasteiger partial charge in [-0.3, -0.25) is 0 Å². The molecular formula is C12H36O9Si2. The number of rotatable bonds is 6. The van der Waals surface area contributed by atoms with Crippen LogP contribution in [0.3, 0.4) is 0 Å². The Bertz CT molecular complexity index is 178. The second kappa shape index (κ2) is 20.1. The topological polar surface area (TPSA) is 182 Å². The highest BCUT2D eigenvalue weighted by Crippen LogP contribution is 2.00. The molecule has 11 heteroatoms. The van der Waals surface area contributed by atoms with E-state index < -0.39 is 18.1 Å². The van der Waals surface area contributed by atoms with Crippen molar-refractivity contribution in [3.8, 4) is 0 Å². The van der Waals surface area contributed by atoms with Crippen LogP contribution in [0.15, 0.2) is 0 Å². The molecule has 0 aliphatic carbocycles. The zero-order valence-corrected chi connectivity index (χ0v) is 16.6. The Morgan fingerprint density at radius 2 is 0.913 bits per heavy atom. The van der Waals surface area contributed by atoms with Crippen molar-refractivity contribution in [1.82, 2.24) is 0 Å². The molecule has 9 N–H and O–H groups in total. The molecule has 0 saturated heterocycles. The highest BCUT2D eigenvalue weighted by Gasteiger charge is 2.22. The van der Waals surface area contributed by atoms with Crippen molar-refractivity contribution in [2.75, 3.05) is 6.61 Å². The van der Waals surface area contributed by atoms with Crippen LogP contribution in [0, 0.1) is 5.92 Å². The van der Waals surface area contributed by atoms with E-state index in [0.717, 1.165) is 18.8 Å². The molecule has 0 radical (unpaired) electrons. The van der Waals surface area contributed by atoms with Crippen LogP contribution in [-0.4, -0.2) is 68.2 Å². The predicted octanol–water partition coefficient (Wildman–Crippen LogP) is -1.22. The smallest absolute Gasteiger partial charge is 0.396 e. The molecular weight excluding hydrogens is 344 g/mol. The monoisotopic (exact) mass is 380 g/mol. The van der Waals surface area contributed by atoms with E-state index in [4.69, 9.17) is 43.5 Å². The minimum Gasteiger partial charge on any atom is -0.396 e. The Balaban J connectivity index is -0.000000106. The van der Waals surface area contributed by atoms with Crippen LogP contribution in [0.25, 0.3) is 0 Å². The summed E-state index contributed by atoms with van der Waals surface area (Å²) >= 11 is 0.